The van der Waals surface area contributed by atoms with Gasteiger partial charge in [-0.1, -0.05) is 19.9 Å². The second-order valence-corrected chi connectivity index (χ2v) is 9.34. The zero-order chi connectivity index (χ0) is 24.2. The normalized spacial score (nSPS) is 19.0. The summed E-state index contributed by atoms with van der Waals surface area (Å²) in [5.41, 5.74) is 3.14. The minimum absolute atomic E-state index is 0.125. The molecular formula is C27H38N4O3. The number of aromatic nitrogens is 1. The Hall–Kier alpha value is -2.80. The van der Waals surface area contributed by atoms with E-state index in [4.69, 9.17) is 4.74 Å². The first-order valence-corrected chi connectivity index (χ1v) is 12.6. The molecule has 1 amide bonds. The number of pyridine rings is 1. The summed E-state index contributed by atoms with van der Waals surface area (Å²) in [5, 5.41) is 0. The second kappa shape index (κ2) is 10.6. The van der Waals surface area contributed by atoms with Gasteiger partial charge in [-0.25, -0.2) is 0 Å². The van der Waals surface area contributed by atoms with Crippen LogP contribution in [0.2, 0.25) is 0 Å². The molecule has 3 heterocycles. The van der Waals surface area contributed by atoms with Gasteiger partial charge in [-0.05, 0) is 51.4 Å². The second-order valence-electron chi connectivity index (χ2n) is 9.34. The van der Waals surface area contributed by atoms with E-state index in [1.165, 1.54) is 6.42 Å². The molecule has 0 aliphatic carbocycles. The largest absolute Gasteiger partial charge is 0.497 e. The number of carbonyl (C=O) groups is 1. The van der Waals surface area contributed by atoms with Gasteiger partial charge in [-0.15, -0.1) is 0 Å². The maximum Gasteiger partial charge on any atom is 0.259 e. The standard InChI is InChI=1S/C27H38N4O3/c1-5-24-26(25(32)17-20(3)31(24)19-22-10-8-12-28(22)6-2)27(33)30-15-13-29(14-16-30)21-9-7-11-23(18-21)34-4/h7,9,11,17-18,22H,5-6,8,10,12-16,19H2,1-4H3/t22-/m1/s1. The Bertz CT molecular complexity index is 1070. The number of carbonyl (C=O) groups excluding carboxylic acids is 1. The molecule has 0 bridgehead atoms. The quantitative estimate of drug-likeness (QED) is 0.627. The number of anilines is 1. The smallest absolute Gasteiger partial charge is 0.259 e. The summed E-state index contributed by atoms with van der Waals surface area (Å²) in [6.45, 7) is 11.9. The molecule has 0 spiro atoms. The molecule has 2 aliphatic rings. The van der Waals surface area contributed by atoms with Crippen molar-refractivity contribution in [2.45, 2.75) is 52.6 Å². The minimum Gasteiger partial charge on any atom is -0.497 e. The fourth-order valence-electron chi connectivity index (χ4n) is 5.54. The highest BCUT2D eigenvalue weighted by Gasteiger charge is 2.29. The molecule has 2 fully saturated rings. The van der Waals surface area contributed by atoms with E-state index in [0.29, 0.717) is 31.1 Å². The first kappa shape index (κ1) is 24.3. The van der Waals surface area contributed by atoms with Crippen LogP contribution in [-0.2, 0) is 13.0 Å². The molecule has 0 radical (unpaired) electrons. The molecule has 2 saturated heterocycles. The maximum absolute atomic E-state index is 13.6. The fourth-order valence-corrected chi connectivity index (χ4v) is 5.54. The number of likely N-dealkylation sites (tertiary alicyclic amines) is 1. The lowest BCUT2D eigenvalue weighted by molar-refractivity contribution is 0.0742. The van der Waals surface area contributed by atoms with Crippen LogP contribution in [0.5, 0.6) is 5.75 Å². The Labute approximate surface area is 202 Å². The van der Waals surface area contributed by atoms with Crippen LogP contribution in [0.4, 0.5) is 5.69 Å². The van der Waals surface area contributed by atoms with Crippen LogP contribution < -0.4 is 15.1 Å². The molecule has 2 aliphatic heterocycles. The lowest BCUT2D eigenvalue weighted by atomic mass is 10.1. The van der Waals surface area contributed by atoms with Crippen molar-refractivity contribution in [3.8, 4) is 5.75 Å². The molecule has 1 aromatic heterocycles. The van der Waals surface area contributed by atoms with Gasteiger partial charge >= 0.3 is 0 Å². The Morgan fingerprint density at radius 1 is 1.09 bits per heavy atom. The van der Waals surface area contributed by atoms with Gasteiger partial charge in [0.15, 0.2) is 5.43 Å². The third-order valence-corrected chi connectivity index (χ3v) is 7.46. The van der Waals surface area contributed by atoms with Crippen molar-refractivity contribution in [1.82, 2.24) is 14.4 Å². The number of benzene rings is 1. The van der Waals surface area contributed by atoms with Gasteiger partial charge in [0, 0.05) is 68.0 Å². The van der Waals surface area contributed by atoms with E-state index in [0.717, 1.165) is 62.0 Å². The molecular weight excluding hydrogens is 428 g/mol. The Morgan fingerprint density at radius 3 is 2.53 bits per heavy atom. The van der Waals surface area contributed by atoms with Crippen molar-refractivity contribution in [2.75, 3.05) is 51.3 Å². The number of hydrogen-bond acceptors (Lipinski definition) is 5. The summed E-state index contributed by atoms with van der Waals surface area (Å²) in [5.74, 6) is 0.701. The minimum atomic E-state index is -0.149. The van der Waals surface area contributed by atoms with Crippen LogP contribution in [0, 0.1) is 6.92 Å². The Kier molecular flexibility index (Phi) is 7.61. The van der Waals surface area contributed by atoms with Gasteiger partial charge in [-0.2, -0.15) is 0 Å². The van der Waals surface area contributed by atoms with Crippen molar-refractivity contribution in [3.05, 3.63) is 57.5 Å². The molecule has 1 atom stereocenters. The molecule has 184 valence electrons. The number of ether oxygens (including phenoxy) is 1. The SMILES string of the molecule is CCc1c(C(=O)N2CCN(c3cccc(OC)c3)CC2)c(=O)cc(C)n1C[C@H]1CCCN1CC. The lowest BCUT2D eigenvalue weighted by Crippen LogP contribution is -2.50. The van der Waals surface area contributed by atoms with Crippen LogP contribution in [0.15, 0.2) is 35.1 Å². The number of amides is 1. The molecule has 7 heteroatoms. The number of hydrogen-bond donors (Lipinski definition) is 0. The molecule has 0 N–H and O–H groups in total. The highest BCUT2D eigenvalue weighted by Crippen LogP contribution is 2.24. The van der Waals surface area contributed by atoms with Gasteiger partial charge in [0.2, 0.25) is 0 Å². The van der Waals surface area contributed by atoms with Crippen molar-refractivity contribution in [3.63, 3.8) is 0 Å². The van der Waals surface area contributed by atoms with Gasteiger partial charge in [0.25, 0.3) is 5.91 Å². The monoisotopic (exact) mass is 466 g/mol. The van der Waals surface area contributed by atoms with E-state index < -0.39 is 0 Å². The summed E-state index contributed by atoms with van der Waals surface area (Å²) >= 11 is 0. The first-order valence-electron chi connectivity index (χ1n) is 12.6. The number of aryl methyl sites for hydroxylation is 1. The van der Waals surface area contributed by atoms with Crippen LogP contribution >= 0.6 is 0 Å². The van der Waals surface area contributed by atoms with Gasteiger partial charge in [0.1, 0.15) is 11.3 Å². The van der Waals surface area contributed by atoms with Crippen LogP contribution in [0.25, 0.3) is 0 Å². The van der Waals surface area contributed by atoms with Gasteiger partial charge < -0.3 is 19.1 Å². The van der Waals surface area contributed by atoms with E-state index in [1.54, 1.807) is 13.2 Å². The molecule has 2 aromatic rings. The topological polar surface area (TPSA) is 58.0 Å². The molecule has 7 nitrogen and oxygen atoms in total. The summed E-state index contributed by atoms with van der Waals surface area (Å²) in [6.07, 6.45) is 3.04. The predicted molar refractivity (Wildman–Crippen MR) is 136 cm³/mol. The van der Waals surface area contributed by atoms with Gasteiger partial charge in [0.05, 0.1) is 7.11 Å². The van der Waals surface area contributed by atoms with Crippen LogP contribution in [0.3, 0.4) is 0 Å². The summed E-state index contributed by atoms with van der Waals surface area (Å²) in [4.78, 5) is 33.3. The molecule has 0 saturated carbocycles. The molecule has 1 aromatic carbocycles. The van der Waals surface area contributed by atoms with Crippen molar-refractivity contribution in [1.29, 1.82) is 0 Å². The number of nitrogens with zero attached hydrogens (tertiary/aromatic N) is 4. The highest BCUT2D eigenvalue weighted by atomic mass is 16.5. The van der Waals surface area contributed by atoms with E-state index in [9.17, 15) is 9.59 Å². The summed E-state index contributed by atoms with van der Waals surface area (Å²) in [7, 11) is 1.67. The third kappa shape index (κ3) is 4.85. The summed E-state index contributed by atoms with van der Waals surface area (Å²) < 4.78 is 7.59. The first-order chi connectivity index (χ1) is 16.5. The van der Waals surface area contributed by atoms with Crippen molar-refractivity contribution < 1.29 is 9.53 Å². The average molecular weight is 467 g/mol. The van der Waals surface area contributed by atoms with Crippen LogP contribution in [0.1, 0.15) is 48.4 Å². The summed E-state index contributed by atoms with van der Waals surface area (Å²) in [6, 6.07) is 10.1. The zero-order valence-corrected chi connectivity index (χ0v) is 21.0. The van der Waals surface area contributed by atoms with Crippen molar-refractivity contribution in [2.24, 2.45) is 0 Å². The van der Waals surface area contributed by atoms with Crippen LogP contribution in [-0.4, -0.2) is 72.7 Å². The number of methoxy groups -OCH3 is 1. The Morgan fingerprint density at radius 2 is 1.85 bits per heavy atom. The fraction of sp³-hybridized carbons (Fsp3) is 0.556. The highest BCUT2D eigenvalue weighted by molar-refractivity contribution is 5.95. The average Bonchev–Trinajstić information content (AvgIpc) is 3.32. The maximum atomic E-state index is 13.6. The number of rotatable bonds is 7. The third-order valence-electron chi connectivity index (χ3n) is 7.46. The lowest BCUT2D eigenvalue weighted by Gasteiger charge is -2.36. The van der Waals surface area contributed by atoms with E-state index in [-0.39, 0.29) is 11.3 Å². The van der Waals surface area contributed by atoms with E-state index in [1.807, 2.05) is 30.0 Å². The number of likely N-dealkylation sites (N-methyl/N-ethyl adjacent to an activating group) is 1. The molecule has 34 heavy (non-hydrogen) atoms. The van der Waals surface area contributed by atoms with E-state index >= 15 is 0 Å². The van der Waals surface area contributed by atoms with Gasteiger partial charge in [-0.3, -0.25) is 14.5 Å². The predicted octanol–water partition coefficient (Wildman–Crippen LogP) is 3.17. The van der Waals surface area contributed by atoms with Crippen molar-refractivity contribution >= 4 is 11.6 Å². The zero-order valence-electron chi connectivity index (χ0n) is 21.0. The molecule has 0 unspecified atom stereocenters. The molecule has 4 rings (SSSR count). The number of piperazine rings is 1. The van der Waals surface area contributed by atoms with E-state index in [2.05, 4.69) is 34.3 Å². The Balaban J connectivity index is 1.54.